The van der Waals surface area contributed by atoms with E-state index in [1.807, 2.05) is 7.05 Å². The quantitative estimate of drug-likeness (QED) is 0.358. The van der Waals surface area contributed by atoms with Crippen LogP contribution in [0.4, 0.5) is 0 Å². The number of hydrogen-bond acceptors (Lipinski definition) is 4. The fraction of sp³-hybridized carbons (Fsp3) is 0.950. The van der Waals surface area contributed by atoms with Crippen molar-refractivity contribution in [3.63, 3.8) is 0 Å². The average Bonchev–Trinajstić information content (AvgIpc) is 3.34. The number of hydrogen-bond donors (Lipinski definition) is 2. The number of guanidine groups is 1. The molecule has 0 radical (unpaired) electrons. The SMILES string of the molecule is CN=C(NCC1(N2CCCC2)CCOCC1)NC1C2CCOC2C1(C)C.I. The largest absolute Gasteiger partial charge is 0.381 e. The van der Waals surface area contributed by atoms with Crippen molar-refractivity contribution in [1.29, 1.82) is 0 Å². The van der Waals surface area contributed by atoms with Gasteiger partial charge in [0.25, 0.3) is 0 Å². The van der Waals surface area contributed by atoms with Gasteiger partial charge in [-0.05, 0) is 45.2 Å². The first-order valence-electron chi connectivity index (χ1n) is 10.5. The van der Waals surface area contributed by atoms with Crippen molar-refractivity contribution in [3.05, 3.63) is 0 Å². The minimum Gasteiger partial charge on any atom is -0.381 e. The van der Waals surface area contributed by atoms with Crippen LogP contribution in [0, 0.1) is 11.3 Å². The van der Waals surface area contributed by atoms with E-state index < -0.39 is 0 Å². The van der Waals surface area contributed by atoms with Crippen molar-refractivity contribution in [2.75, 3.05) is 46.5 Å². The van der Waals surface area contributed by atoms with Crippen LogP contribution in [0.2, 0.25) is 0 Å². The van der Waals surface area contributed by atoms with Crippen molar-refractivity contribution in [2.24, 2.45) is 16.3 Å². The molecule has 4 rings (SSSR count). The van der Waals surface area contributed by atoms with Crippen molar-refractivity contribution in [3.8, 4) is 0 Å². The molecule has 3 heterocycles. The molecular weight excluding hydrogens is 455 g/mol. The lowest BCUT2D eigenvalue weighted by Gasteiger charge is -2.55. The Hall–Kier alpha value is -0.120. The summed E-state index contributed by atoms with van der Waals surface area (Å²) >= 11 is 0. The number of fused-ring (bicyclic) bond motifs is 1. The number of halogens is 1. The lowest BCUT2D eigenvalue weighted by molar-refractivity contribution is -0.107. The molecule has 4 fully saturated rings. The zero-order valence-corrected chi connectivity index (χ0v) is 19.5. The molecule has 3 saturated heterocycles. The zero-order valence-electron chi connectivity index (χ0n) is 17.1. The molecule has 6 nitrogen and oxygen atoms in total. The Bertz CT molecular complexity index is 530. The fourth-order valence-corrected chi connectivity index (χ4v) is 5.76. The number of aliphatic imine (C=N–C) groups is 1. The molecule has 1 aliphatic carbocycles. The fourth-order valence-electron chi connectivity index (χ4n) is 5.76. The smallest absolute Gasteiger partial charge is 0.191 e. The first kappa shape index (κ1) is 21.6. The van der Waals surface area contributed by atoms with Gasteiger partial charge in [0.15, 0.2) is 5.96 Å². The summed E-state index contributed by atoms with van der Waals surface area (Å²) in [5.74, 6) is 1.57. The molecule has 0 bridgehead atoms. The topological polar surface area (TPSA) is 58.1 Å². The van der Waals surface area contributed by atoms with E-state index in [4.69, 9.17) is 9.47 Å². The van der Waals surface area contributed by atoms with Gasteiger partial charge in [-0.3, -0.25) is 9.89 Å². The van der Waals surface area contributed by atoms with Crippen LogP contribution in [0.1, 0.15) is 46.0 Å². The van der Waals surface area contributed by atoms with Gasteiger partial charge >= 0.3 is 0 Å². The van der Waals surface area contributed by atoms with Crippen LogP contribution in [-0.2, 0) is 9.47 Å². The lowest BCUT2D eigenvalue weighted by atomic mass is 9.57. The van der Waals surface area contributed by atoms with E-state index in [1.54, 1.807) is 0 Å². The maximum Gasteiger partial charge on any atom is 0.191 e. The van der Waals surface area contributed by atoms with Crippen LogP contribution < -0.4 is 10.6 Å². The molecule has 0 aromatic heterocycles. The predicted molar refractivity (Wildman–Crippen MR) is 119 cm³/mol. The average molecular weight is 492 g/mol. The standard InChI is InChI=1S/C20H36N4O2.HI/c1-19(2)16(15-6-11-26-17(15)19)23-18(21-3)22-14-20(7-12-25-13-8-20)24-9-4-5-10-24;/h15-17H,4-14H2,1-3H3,(H2,21,22,23);1H. The predicted octanol–water partition coefficient (Wildman–Crippen LogP) is 2.23. The molecule has 0 spiro atoms. The highest BCUT2D eigenvalue weighted by Gasteiger charge is 2.59. The van der Waals surface area contributed by atoms with E-state index in [0.717, 1.165) is 51.6 Å². The molecule has 0 aromatic carbocycles. The van der Waals surface area contributed by atoms with Gasteiger partial charge in [0, 0.05) is 56.3 Å². The summed E-state index contributed by atoms with van der Waals surface area (Å²) in [4.78, 5) is 7.23. The van der Waals surface area contributed by atoms with Crippen molar-refractivity contribution < 1.29 is 9.47 Å². The summed E-state index contributed by atoms with van der Waals surface area (Å²) in [6.45, 7) is 10.7. The maximum atomic E-state index is 5.93. The highest BCUT2D eigenvalue weighted by atomic mass is 127. The van der Waals surface area contributed by atoms with Crippen LogP contribution in [0.3, 0.4) is 0 Å². The number of nitrogens with zero attached hydrogens (tertiary/aromatic N) is 2. The first-order chi connectivity index (χ1) is 12.6. The lowest BCUT2D eigenvalue weighted by Crippen LogP contribution is -2.68. The summed E-state index contributed by atoms with van der Waals surface area (Å²) in [6, 6.07) is 0.443. The number of nitrogens with one attached hydrogen (secondary N) is 2. The van der Waals surface area contributed by atoms with Gasteiger partial charge in [0.2, 0.25) is 0 Å². The number of ether oxygens (including phenoxy) is 2. The molecule has 1 saturated carbocycles. The van der Waals surface area contributed by atoms with Crippen molar-refractivity contribution in [2.45, 2.75) is 63.6 Å². The maximum absolute atomic E-state index is 5.93. The number of likely N-dealkylation sites (tertiary alicyclic amines) is 1. The summed E-state index contributed by atoms with van der Waals surface area (Å²) < 4.78 is 11.6. The number of rotatable bonds is 4. The van der Waals surface area contributed by atoms with Crippen molar-refractivity contribution in [1.82, 2.24) is 15.5 Å². The molecule has 2 N–H and O–H groups in total. The highest BCUT2D eigenvalue weighted by Crippen LogP contribution is 2.52. The second-order valence-electron chi connectivity index (χ2n) is 9.14. The Morgan fingerprint density at radius 2 is 1.85 bits per heavy atom. The highest BCUT2D eigenvalue weighted by molar-refractivity contribution is 14.0. The Morgan fingerprint density at radius 1 is 1.15 bits per heavy atom. The molecule has 3 atom stereocenters. The van der Waals surface area contributed by atoms with E-state index in [2.05, 4.69) is 34.4 Å². The molecule has 27 heavy (non-hydrogen) atoms. The van der Waals surface area contributed by atoms with Gasteiger partial charge in [-0.2, -0.15) is 0 Å². The summed E-state index contributed by atoms with van der Waals surface area (Å²) in [5.41, 5.74) is 0.393. The van der Waals surface area contributed by atoms with Crippen molar-refractivity contribution >= 4 is 29.9 Å². The Kier molecular flexibility index (Phi) is 6.97. The van der Waals surface area contributed by atoms with Crippen LogP contribution in [0.5, 0.6) is 0 Å². The van der Waals surface area contributed by atoms with Gasteiger partial charge in [-0.25, -0.2) is 0 Å². The second kappa shape index (κ2) is 8.71. The van der Waals surface area contributed by atoms with Gasteiger partial charge in [0.05, 0.1) is 6.10 Å². The Labute approximate surface area is 181 Å². The third kappa shape index (κ3) is 3.98. The summed E-state index contributed by atoms with van der Waals surface area (Å²) in [6.07, 6.45) is 6.46. The van der Waals surface area contributed by atoms with E-state index >= 15 is 0 Å². The molecule has 0 aromatic rings. The molecule has 3 unspecified atom stereocenters. The first-order valence-corrected chi connectivity index (χ1v) is 10.5. The molecule has 3 aliphatic heterocycles. The normalized spacial score (nSPS) is 35.1. The molecule has 0 amide bonds. The molecule has 156 valence electrons. The van der Waals surface area contributed by atoms with E-state index in [1.165, 1.54) is 25.9 Å². The van der Waals surface area contributed by atoms with Gasteiger partial charge in [-0.1, -0.05) is 13.8 Å². The molecule has 7 heteroatoms. The third-order valence-electron chi connectivity index (χ3n) is 7.40. The van der Waals surface area contributed by atoms with Crippen LogP contribution >= 0.6 is 24.0 Å². The van der Waals surface area contributed by atoms with Gasteiger partial charge < -0.3 is 20.1 Å². The van der Waals surface area contributed by atoms with Gasteiger partial charge in [0.1, 0.15) is 0 Å². The zero-order chi connectivity index (χ0) is 18.2. The summed E-state index contributed by atoms with van der Waals surface area (Å²) in [7, 11) is 1.89. The Balaban J connectivity index is 0.00000210. The Morgan fingerprint density at radius 3 is 2.52 bits per heavy atom. The third-order valence-corrected chi connectivity index (χ3v) is 7.40. The second-order valence-corrected chi connectivity index (χ2v) is 9.14. The van der Waals surface area contributed by atoms with E-state index in [0.29, 0.717) is 18.1 Å². The van der Waals surface area contributed by atoms with E-state index in [-0.39, 0.29) is 34.9 Å². The minimum absolute atomic E-state index is 0. The molecular formula is C20H37IN4O2. The van der Waals surface area contributed by atoms with Crippen LogP contribution in [-0.4, -0.2) is 75.0 Å². The van der Waals surface area contributed by atoms with Crippen LogP contribution in [0.25, 0.3) is 0 Å². The monoisotopic (exact) mass is 492 g/mol. The summed E-state index contributed by atoms with van der Waals surface area (Å²) in [5, 5.41) is 7.40. The van der Waals surface area contributed by atoms with Gasteiger partial charge in [-0.15, -0.1) is 24.0 Å². The minimum atomic E-state index is 0. The van der Waals surface area contributed by atoms with Crippen LogP contribution in [0.15, 0.2) is 4.99 Å². The molecule has 4 aliphatic rings. The van der Waals surface area contributed by atoms with E-state index in [9.17, 15) is 0 Å².